The fraction of sp³-hybridized carbons (Fsp3) is 0.769. The molecule has 1 heterocycles. The van der Waals surface area contributed by atoms with E-state index in [4.69, 9.17) is 0 Å². The lowest BCUT2D eigenvalue weighted by atomic mass is 9.89. The van der Waals surface area contributed by atoms with Gasteiger partial charge in [-0.15, -0.1) is 0 Å². The summed E-state index contributed by atoms with van der Waals surface area (Å²) >= 11 is 0. The quantitative estimate of drug-likeness (QED) is 0.696. The zero-order valence-corrected chi connectivity index (χ0v) is 12.2. The van der Waals surface area contributed by atoms with Crippen molar-refractivity contribution in [2.45, 2.75) is 45.2 Å². The number of amides is 3. The van der Waals surface area contributed by atoms with Gasteiger partial charge < -0.3 is 20.6 Å². The number of nitrogens with one attached hydrogen (secondary N) is 2. The summed E-state index contributed by atoms with van der Waals surface area (Å²) in [7, 11) is 1.48. The number of nitrogens with zero attached hydrogens (tertiary/aromatic N) is 1. The number of likely N-dealkylation sites (N-methyl/N-ethyl adjacent to an activating group) is 1. The average Bonchev–Trinajstić information content (AvgIpc) is 2.45. The van der Waals surface area contributed by atoms with E-state index in [9.17, 15) is 19.5 Å². The Bertz CT molecular complexity index is 386. The Morgan fingerprint density at radius 2 is 2.05 bits per heavy atom. The maximum atomic E-state index is 12.1. The van der Waals surface area contributed by atoms with Crippen LogP contribution in [0.5, 0.6) is 0 Å². The second kappa shape index (κ2) is 7.12. The van der Waals surface area contributed by atoms with Crippen LogP contribution in [0.3, 0.4) is 0 Å². The Balaban J connectivity index is 2.70. The first-order valence-electron chi connectivity index (χ1n) is 6.92. The number of hydrogen-bond acceptors (Lipinski definition) is 3. The summed E-state index contributed by atoms with van der Waals surface area (Å²) < 4.78 is 0. The molecule has 3 atom stereocenters. The van der Waals surface area contributed by atoms with Crippen molar-refractivity contribution in [3.05, 3.63) is 0 Å². The van der Waals surface area contributed by atoms with E-state index in [0.29, 0.717) is 18.9 Å². The highest BCUT2D eigenvalue weighted by Crippen LogP contribution is 2.25. The van der Waals surface area contributed by atoms with Crippen molar-refractivity contribution in [3.63, 3.8) is 0 Å². The molecule has 1 fully saturated rings. The molecule has 0 bridgehead atoms. The standard InChI is InChI=1S/C13H23N3O4/c1-4-9-5-6-16(10(7-9)12(18)19)13(20)15-8(2)11(17)14-3/h8-10H,4-7H2,1-3H3,(H,14,17)(H,15,20)(H,18,19). The van der Waals surface area contributed by atoms with Gasteiger partial charge in [0.05, 0.1) is 0 Å². The molecule has 0 saturated carbocycles. The Morgan fingerprint density at radius 1 is 1.40 bits per heavy atom. The lowest BCUT2D eigenvalue weighted by Crippen LogP contribution is -2.56. The summed E-state index contributed by atoms with van der Waals surface area (Å²) in [5.74, 6) is -0.976. The molecule has 1 saturated heterocycles. The van der Waals surface area contributed by atoms with Crippen molar-refractivity contribution in [1.29, 1.82) is 0 Å². The second-order valence-corrected chi connectivity index (χ2v) is 5.13. The van der Waals surface area contributed by atoms with Gasteiger partial charge in [-0.3, -0.25) is 4.79 Å². The molecule has 0 radical (unpaired) electrons. The molecule has 3 unspecified atom stereocenters. The van der Waals surface area contributed by atoms with Crippen LogP contribution in [0.25, 0.3) is 0 Å². The molecule has 1 aliphatic rings. The third kappa shape index (κ3) is 3.85. The van der Waals surface area contributed by atoms with Crippen LogP contribution in [-0.4, -0.2) is 53.6 Å². The van der Waals surface area contributed by atoms with Gasteiger partial charge in [0.1, 0.15) is 12.1 Å². The van der Waals surface area contributed by atoms with E-state index in [1.807, 2.05) is 6.92 Å². The molecule has 0 aromatic heterocycles. The summed E-state index contributed by atoms with van der Waals surface area (Å²) in [6.45, 7) is 3.99. The van der Waals surface area contributed by atoms with E-state index in [1.165, 1.54) is 11.9 Å². The highest BCUT2D eigenvalue weighted by Gasteiger charge is 2.36. The minimum absolute atomic E-state index is 0.311. The fourth-order valence-electron chi connectivity index (χ4n) is 2.44. The van der Waals surface area contributed by atoms with E-state index in [-0.39, 0.29) is 5.91 Å². The minimum Gasteiger partial charge on any atom is -0.480 e. The third-order valence-corrected chi connectivity index (χ3v) is 3.81. The van der Waals surface area contributed by atoms with Crippen LogP contribution >= 0.6 is 0 Å². The Morgan fingerprint density at radius 3 is 2.55 bits per heavy atom. The predicted octanol–water partition coefficient (Wildman–Crippen LogP) is 0.406. The number of carbonyl (C=O) groups excluding carboxylic acids is 2. The lowest BCUT2D eigenvalue weighted by Gasteiger charge is -2.37. The normalized spacial score (nSPS) is 23.9. The van der Waals surface area contributed by atoms with Crippen LogP contribution in [0.2, 0.25) is 0 Å². The number of carboxylic acids is 1. The molecule has 0 aliphatic carbocycles. The van der Waals surface area contributed by atoms with Crippen molar-refractivity contribution in [2.75, 3.05) is 13.6 Å². The van der Waals surface area contributed by atoms with Crippen LogP contribution in [0.15, 0.2) is 0 Å². The topological polar surface area (TPSA) is 98.7 Å². The van der Waals surface area contributed by atoms with E-state index < -0.39 is 24.1 Å². The molecule has 0 aromatic rings. The van der Waals surface area contributed by atoms with Gasteiger partial charge in [-0.05, 0) is 25.7 Å². The number of rotatable bonds is 4. The molecule has 1 aliphatic heterocycles. The maximum absolute atomic E-state index is 12.1. The number of hydrogen-bond donors (Lipinski definition) is 3. The van der Waals surface area contributed by atoms with Gasteiger partial charge in [-0.2, -0.15) is 0 Å². The van der Waals surface area contributed by atoms with Crippen molar-refractivity contribution in [3.8, 4) is 0 Å². The monoisotopic (exact) mass is 285 g/mol. The average molecular weight is 285 g/mol. The van der Waals surface area contributed by atoms with Crippen LogP contribution in [0.1, 0.15) is 33.1 Å². The SMILES string of the molecule is CCC1CCN(C(=O)NC(C)C(=O)NC)C(C(=O)O)C1. The number of aliphatic carboxylic acids is 1. The summed E-state index contributed by atoms with van der Waals surface area (Å²) in [6, 6.07) is -2.00. The predicted molar refractivity (Wildman–Crippen MR) is 73.2 cm³/mol. The fourth-order valence-corrected chi connectivity index (χ4v) is 2.44. The molecule has 3 N–H and O–H groups in total. The summed E-state index contributed by atoms with van der Waals surface area (Å²) in [5, 5.41) is 14.2. The summed E-state index contributed by atoms with van der Waals surface area (Å²) in [5.41, 5.74) is 0. The highest BCUT2D eigenvalue weighted by atomic mass is 16.4. The zero-order valence-electron chi connectivity index (χ0n) is 12.2. The minimum atomic E-state index is -0.995. The van der Waals surface area contributed by atoms with E-state index in [1.54, 1.807) is 6.92 Å². The second-order valence-electron chi connectivity index (χ2n) is 5.13. The zero-order chi connectivity index (χ0) is 15.3. The number of urea groups is 1. The number of carbonyl (C=O) groups is 3. The van der Waals surface area contributed by atoms with Gasteiger partial charge in [0.15, 0.2) is 0 Å². The molecular weight excluding hydrogens is 262 g/mol. The molecular formula is C13H23N3O4. The Hall–Kier alpha value is -1.79. The van der Waals surface area contributed by atoms with Crippen molar-refractivity contribution >= 4 is 17.9 Å². The number of carboxylic acid groups (broad SMARTS) is 1. The first kappa shape index (κ1) is 16.3. The van der Waals surface area contributed by atoms with E-state index >= 15 is 0 Å². The van der Waals surface area contributed by atoms with Gasteiger partial charge >= 0.3 is 12.0 Å². The van der Waals surface area contributed by atoms with Gasteiger partial charge in [-0.25, -0.2) is 9.59 Å². The first-order valence-corrected chi connectivity index (χ1v) is 6.92. The molecule has 0 spiro atoms. The largest absolute Gasteiger partial charge is 0.480 e. The lowest BCUT2D eigenvalue weighted by molar-refractivity contribution is -0.144. The third-order valence-electron chi connectivity index (χ3n) is 3.81. The molecule has 20 heavy (non-hydrogen) atoms. The van der Waals surface area contributed by atoms with E-state index in [0.717, 1.165) is 12.8 Å². The molecule has 114 valence electrons. The Labute approximate surface area is 118 Å². The molecule has 1 rings (SSSR count). The van der Waals surface area contributed by atoms with Crippen LogP contribution < -0.4 is 10.6 Å². The molecule has 7 heteroatoms. The van der Waals surface area contributed by atoms with Gasteiger partial charge in [0, 0.05) is 13.6 Å². The number of piperidine rings is 1. The maximum Gasteiger partial charge on any atom is 0.326 e. The highest BCUT2D eigenvalue weighted by molar-refractivity contribution is 5.88. The molecule has 7 nitrogen and oxygen atoms in total. The smallest absolute Gasteiger partial charge is 0.326 e. The summed E-state index contributed by atoms with van der Waals surface area (Å²) in [4.78, 5) is 36.1. The number of likely N-dealkylation sites (tertiary alicyclic amines) is 1. The van der Waals surface area contributed by atoms with Gasteiger partial charge in [0.2, 0.25) is 5.91 Å². The van der Waals surface area contributed by atoms with Crippen LogP contribution in [0.4, 0.5) is 4.79 Å². The summed E-state index contributed by atoms with van der Waals surface area (Å²) in [6.07, 6.45) is 2.17. The van der Waals surface area contributed by atoms with Crippen molar-refractivity contribution in [2.24, 2.45) is 5.92 Å². The first-order chi connectivity index (χ1) is 9.40. The molecule has 3 amide bonds. The van der Waals surface area contributed by atoms with Gasteiger partial charge in [0.25, 0.3) is 0 Å². The van der Waals surface area contributed by atoms with E-state index in [2.05, 4.69) is 10.6 Å². The van der Waals surface area contributed by atoms with Gasteiger partial charge in [-0.1, -0.05) is 13.3 Å². The van der Waals surface area contributed by atoms with Crippen LogP contribution in [0, 0.1) is 5.92 Å². The van der Waals surface area contributed by atoms with Crippen LogP contribution in [-0.2, 0) is 9.59 Å². The molecule has 0 aromatic carbocycles. The Kier molecular flexibility index (Phi) is 5.79. The van der Waals surface area contributed by atoms with Crippen molar-refractivity contribution in [1.82, 2.24) is 15.5 Å². The van der Waals surface area contributed by atoms with Crippen molar-refractivity contribution < 1.29 is 19.5 Å².